The summed E-state index contributed by atoms with van der Waals surface area (Å²) in [5.41, 5.74) is 0.907. The third-order valence-corrected chi connectivity index (χ3v) is 2.47. The number of pyridine rings is 1. The molecular weight excluding hydrogens is 331 g/mol. The van der Waals surface area contributed by atoms with Crippen molar-refractivity contribution in [3.05, 3.63) is 30.1 Å². The summed E-state index contributed by atoms with van der Waals surface area (Å²) in [6.07, 6.45) is 3.07. The van der Waals surface area contributed by atoms with Crippen LogP contribution in [0.5, 0.6) is 0 Å². The fourth-order valence-corrected chi connectivity index (χ4v) is 1.64. The van der Waals surface area contributed by atoms with E-state index in [4.69, 9.17) is 0 Å². The molecule has 0 unspecified atom stereocenters. The molecule has 1 aromatic rings. The number of rotatable bonds is 3. The monoisotopic (exact) mass is 346 g/mol. The first-order valence-corrected chi connectivity index (χ1v) is 7.54. The maximum atomic E-state index is 11.3. The lowest BCUT2D eigenvalue weighted by Gasteiger charge is -2.12. The lowest BCUT2D eigenvalue weighted by atomic mass is 10.2. The topological polar surface area (TPSA) is 50.3 Å². The molecule has 2 heterocycles. The SMILES string of the molecule is CI.O=C1CCC(=O)N1CCc1ccccn1. The Kier molecular flexibility index (Phi) is 6.10. The van der Waals surface area contributed by atoms with Crippen molar-refractivity contribution < 1.29 is 9.59 Å². The first kappa shape index (κ1) is 14.1. The van der Waals surface area contributed by atoms with Crippen LogP contribution in [0.15, 0.2) is 24.4 Å². The van der Waals surface area contributed by atoms with Crippen molar-refractivity contribution in [1.82, 2.24) is 9.88 Å². The number of carbonyl (C=O) groups excluding carboxylic acids is 2. The Morgan fingerprint density at radius 2 is 1.88 bits per heavy atom. The second-order valence-electron chi connectivity index (χ2n) is 3.51. The predicted molar refractivity (Wildman–Crippen MR) is 73.8 cm³/mol. The smallest absolute Gasteiger partial charge is 0.229 e. The Morgan fingerprint density at radius 3 is 2.41 bits per heavy atom. The molecule has 0 atom stereocenters. The van der Waals surface area contributed by atoms with Crippen molar-refractivity contribution in [1.29, 1.82) is 0 Å². The summed E-state index contributed by atoms with van der Waals surface area (Å²) in [6, 6.07) is 5.64. The third-order valence-electron chi connectivity index (χ3n) is 2.47. The van der Waals surface area contributed by atoms with Gasteiger partial charge in [-0.2, -0.15) is 0 Å². The molecule has 0 aromatic carbocycles. The number of imide groups is 1. The molecule has 0 aliphatic carbocycles. The molecule has 5 heteroatoms. The fraction of sp³-hybridized carbons (Fsp3) is 0.417. The average molecular weight is 346 g/mol. The zero-order valence-corrected chi connectivity index (χ0v) is 11.9. The van der Waals surface area contributed by atoms with Crippen LogP contribution in [0, 0.1) is 0 Å². The highest BCUT2D eigenvalue weighted by Crippen LogP contribution is 2.11. The van der Waals surface area contributed by atoms with Gasteiger partial charge in [0, 0.05) is 37.7 Å². The first-order chi connectivity index (χ1) is 8.27. The van der Waals surface area contributed by atoms with E-state index in [2.05, 4.69) is 27.6 Å². The summed E-state index contributed by atoms with van der Waals surface area (Å²) in [4.78, 5) is 30.0. The summed E-state index contributed by atoms with van der Waals surface area (Å²) >= 11 is 2.15. The molecule has 1 aliphatic heterocycles. The number of hydrogen-bond acceptors (Lipinski definition) is 3. The standard InChI is InChI=1S/C11H12N2O2.CH3I/c14-10-4-5-11(15)13(10)8-6-9-3-1-2-7-12-9;1-2/h1-3,7H,4-6,8H2;1H3. The maximum Gasteiger partial charge on any atom is 0.229 e. The number of alkyl halides is 1. The fourth-order valence-electron chi connectivity index (χ4n) is 1.64. The largest absolute Gasteiger partial charge is 0.282 e. The van der Waals surface area contributed by atoms with Gasteiger partial charge in [-0.15, -0.1) is 0 Å². The van der Waals surface area contributed by atoms with Gasteiger partial charge in [-0.3, -0.25) is 19.5 Å². The molecule has 0 bridgehead atoms. The van der Waals surface area contributed by atoms with Gasteiger partial charge in [-0.05, 0) is 17.1 Å². The number of amides is 2. The van der Waals surface area contributed by atoms with Crippen LogP contribution in [0.2, 0.25) is 0 Å². The van der Waals surface area contributed by atoms with Crippen LogP contribution < -0.4 is 0 Å². The summed E-state index contributed by atoms with van der Waals surface area (Å²) in [5.74, 6) is -0.119. The lowest BCUT2D eigenvalue weighted by molar-refractivity contribution is -0.138. The Hall–Kier alpha value is -0.980. The molecule has 0 saturated carbocycles. The summed E-state index contributed by atoms with van der Waals surface area (Å²) in [5, 5.41) is 0. The van der Waals surface area contributed by atoms with E-state index in [1.165, 1.54) is 4.90 Å². The zero-order chi connectivity index (χ0) is 12.7. The highest BCUT2D eigenvalue weighted by atomic mass is 127. The van der Waals surface area contributed by atoms with Crippen molar-refractivity contribution in [2.45, 2.75) is 19.3 Å². The van der Waals surface area contributed by atoms with Crippen LogP contribution >= 0.6 is 22.6 Å². The van der Waals surface area contributed by atoms with Gasteiger partial charge in [0.2, 0.25) is 11.8 Å². The van der Waals surface area contributed by atoms with E-state index in [1.54, 1.807) is 6.20 Å². The van der Waals surface area contributed by atoms with E-state index in [0.717, 1.165) is 5.69 Å². The normalized spacial score (nSPS) is 14.6. The van der Waals surface area contributed by atoms with E-state index in [-0.39, 0.29) is 11.8 Å². The number of nitrogens with zero attached hydrogens (tertiary/aromatic N) is 2. The Balaban J connectivity index is 0.000000686. The summed E-state index contributed by atoms with van der Waals surface area (Å²) < 4.78 is 0. The van der Waals surface area contributed by atoms with Crippen molar-refractivity contribution >= 4 is 34.4 Å². The number of aromatic nitrogens is 1. The van der Waals surface area contributed by atoms with E-state index in [1.807, 2.05) is 23.1 Å². The van der Waals surface area contributed by atoms with Crippen LogP contribution in [-0.4, -0.2) is 33.2 Å². The Labute approximate surface area is 115 Å². The van der Waals surface area contributed by atoms with Crippen LogP contribution in [0.3, 0.4) is 0 Å². The minimum Gasteiger partial charge on any atom is -0.282 e. The molecule has 2 amide bonds. The number of hydrogen-bond donors (Lipinski definition) is 0. The quantitative estimate of drug-likeness (QED) is 0.477. The van der Waals surface area contributed by atoms with Gasteiger partial charge >= 0.3 is 0 Å². The maximum absolute atomic E-state index is 11.3. The molecule has 17 heavy (non-hydrogen) atoms. The van der Waals surface area contributed by atoms with Crippen LogP contribution in [0.25, 0.3) is 0 Å². The molecule has 1 saturated heterocycles. The average Bonchev–Trinajstić information content (AvgIpc) is 2.70. The predicted octanol–water partition coefficient (Wildman–Crippen LogP) is 1.82. The van der Waals surface area contributed by atoms with Crippen molar-refractivity contribution in [3.63, 3.8) is 0 Å². The van der Waals surface area contributed by atoms with Gasteiger partial charge in [0.25, 0.3) is 0 Å². The van der Waals surface area contributed by atoms with E-state index < -0.39 is 0 Å². The molecule has 0 N–H and O–H groups in total. The summed E-state index contributed by atoms with van der Waals surface area (Å²) in [7, 11) is 0. The minimum absolute atomic E-state index is 0.0593. The molecule has 4 nitrogen and oxygen atoms in total. The van der Waals surface area contributed by atoms with Crippen LogP contribution in [-0.2, 0) is 16.0 Å². The number of halogens is 1. The van der Waals surface area contributed by atoms with E-state index >= 15 is 0 Å². The zero-order valence-electron chi connectivity index (χ0n) is 9.73. The second-order valence-corrected chi connectivity index (χ2v) is 3.51. The van der Waals surface area contributed by atoms with Crippen LogP contribution in [0.4, 0.5) is 0 Å². The second kappa shape index (κ2) is 7.37. The highest BCUT2D eigenvalue weighted by Gasteiger charge is 2.28. The Bertz CT molecular complexity index is 365. The highest BCUT2D eigenvalue weighted by molar-refractivity contribution is 14.1. The van der Waals surface area contributed by atoms with Crippen LogP contribution in [0.1, 0.15) is 18.5 Å². The van der Waals surface area contributed by atoms with Gasteiger partial charge in [-0.25, -0.2) is 0 Å². The van der Waals surface area contributed by atoms with Gasteiger partial charge in [0.1, 0.15) is 0 Å². The molecule has 2 rings (SSSR count). The van der Waals surface area contributed by atoms with Crippen molar-refractivity contribution in [3.8, 4) is 0 Å². The lowest BCUT2D eigenvalue weighted by Crippen LogP contribution is -2.31. The van der Waals surface area contributed by atoms with Crippen molar-refractivity contribution in [2.24, 2.45) is 0 Å². The van der Waals surface area contributed by atoms with Gasteiger partial charge in [0.05, 0.1) is 0 Å². The first-order valence-electron chi connectivity index (χ1n) is 5.38. The molecule has 1 fully saturated rings. The molecular formula is C12H15IN2O2. The van der Waals surface area contributed by atoms with E-state index in [9.17, 15) is 9.59 Å². The Morgan fingerprint density at radius 1 is 1.24 bits per heavy atom. The minimum atomic E-state index is -0.0593. The molecule has 0 spiro atoms. The van der Waals surface area contributed by atoms with Gasteiger partial charge < -0.3 is 0 Å². The molecule has 1 aliphatic rings. The van der Waals surface area contributed by atoms with Gasteiger partial charge in [-0.1, -0.05) is 28.7 Å². The molecule has 92 valence electrons. The van der Waals surface area contributed by atoms with Gasteiger partial charge in [0.15, 0.2) is 0 Å². The number of likely N-dealkylation sites (tertiary alicyclic amines) is 1. The molecule has 1 aromatic heterocycles. The third kappa shape index (κ3) is 4.07. The summed E-state index contributed by atoms with van der Waals surface area (Å²) in [6.45, 7) is 0.453. The van der Waals surface area contributed by atoms with Crippen molar-refractivity contribution in [2.75, 3.05) is 11.5 Å². The molecule has 0 radical (unpaired) electrons. The van der Waals surface area contributed by atoms with E-state index in [0.29, 0.717) is 25.8 Å². The number of carbonyl (C=O) groups is 2.